The maximum absolute atomic E-state index is 13.9. The van der Waals surface area contributed by atoms with Gasteiger partial charge in [-0.2, -0.15) is 10.4 Å². The van der Waals surface area contributed by atoms with Crippen molar-refractivity contribution in [2.45, 2.75) is 13.0 Å². The third-order valence-corrected chi connectivity index (χ3v) is 4.31. The Morgan fingerprint density at radius 1 is 1.29 bits per heavy atom. The van der Waals surface area contributed by atoms with Crippen molar-refractivity contribution in [2.75, 3.05) is 11.1 Å². The number of fused-ring (bicyclic) bond motifs is 1. The molecule has 3 heterocycles. The Bertz CT molecular complexity index is 1200. The van der Waals surface area contributed by atoms with Crippen molar-refractivity contribution in [1.29, 1.82) is 5.26 Å². The highest BCUT2D eigenvalue weighted by molar-refractivity contribution is 5.84. The van der Waals surface area contributed by atoms with E-state index < -0.39 is 0 Å². The van der Waals surface area contributed by atoms with E-state index in [4.69, 9.17) is 5.73 Å². The van der Waals surface area contributed by atoms with Gasteiger partial charge in [-0.15, -0.1) is 0 Å². The molecule has 0 bridgehead atoms. The lowest BCUT2D eigenvalue weighted by atomic mass is 10.1. The average molecular weight is 374 g/mol. The predicted octanol–water partition coefficient (Wildman–Crippen LogP) is 2.98. The van der Waals surface area contributed by atoms with Crippen LogP contribution in [0.15, 0.2) is 49.1 Å². The molecule has 1 atom stereocenters. The van der Waals surface area contributed by atoms with Crippen molar-refractivity contribution in [3.8, 4) is 11.8 Å². The van der Waals surface area contributed by atoms with Crippen LogP contribution in [0.5, 0.6) is 0 Å². The van der Waals surface area contributed by atoms with Crippen molar-refractivity contribution in [3.05, 3.63) is 66.1 Å². The van der Waals surface area contributed by atoms with Crippen LogP contribution in [-0.4, -0.2) is 24.7 Å². The van der Waals surface area contributed by atoms with E-state index in [2.05, 4.69) is 25.4 Å². The van der Waals surface area contributed by atoms with Gasteiger partial charge in [0.1, 0.15) is 35.4 Å². The molecule has 1 aromatic carbocycles. The van der Waals surface area contributed by atoms with Gasteiger partial charge in [0.2, 0.25) is 0 Å². The minimum atomic E-state index is -0.361. The number of nitrogen functional groups attached to an aromatic ring is 1. The summed E-state index contributed by atoms with van der Waals surface area (Å²) < 4.78 is 15.5. The van der Waals surface area contributed by atoms with Crippen molar-refractivity contribution in [3.63, 3.8) is 0 Å². The molecule has 0 aliphatic heterocycles. The van der Waals surface area contributed by atoms with Crippen LogP contribution in [-0.2, 0) is 0 Å². The van der Waals surface area contributed by atoms with Crippen molar-refractivity contribution in [1.82, 2.24) is 24.7 Å². The molecule has 0 fully saturated rings. The number of nitriles is 1. The lowest BCUT2D eigenvalue weighted by Crippen LogP contribution is -2.12. The van der Waals surface area contributed by atoms with Gasteiger partial charge in [-0.25, -0.2) is 19.0 Å². The summed E-state index contributed by atoms with van der Waals surface area (Å²) in [5.74, 6) is 0.0498. The second kappa shape index (κ2) is 6.92. The summed E-state index contributed by atoms with van der Waals surface area (Å²) in [5, 5.41) is 17.9. The Hall–Kier alpha value is -4.06. The number of benzene rings is 1. The predicted molar refractivity (Wildman–Crippen MR) is 102 cm³/mol. The van der Waals surface area contributed by atoms with Crippen LogP contribution in [0.25, 0.3) is 16.6 Å². The van der Waals surface area contributed by atoms with Gasteiger partial charge >= 0.3 is 0 Å². The number of aromatic nitrogens is 5. The Kier molecular flexibility index (Phi) is 4.29. The Morgan fingerprint density at radius 3 is 2.89 bits per heavy atom. The molecule has 0 spiro atoms. The van der Waals surface area contributed by atoms with E-state index in [1.807, 2.05) is 19.1 Å². The van der Waals surface area contributed by atoms with Gasteiger partial charge in [-0.05, 0) is 31.2 Å². The number of anilines is 2. The molecule has 28 heavy (non-hydrogen) atoms. The van der Waals surface area contributed by atoms with E-state index in [9.17, 15) is 9.65 Å². The summed E-state index contributed by atoms with van der Waals surface area (Å²) in [6.07, 6.45) is 4.59. The minimum Gasteiger partial charge on any atom is -0.382 e. The number of halogens is 1. The smallest absolute Gasteiger partial charge is 0.150 e. The number of nitrogens with zero attached hydrogens (tertiary/aromatic N) is 6. The summed E-state index contributed by atoms with van der Waals surface area (Å²) in [6.45, 7) is 1.87. The number of pyridine rings is 1. The topological polar surface area (TPSA) is 118 Å². The first-order valence-electron chi connectivity index (χ1n) is 8.44. The van der Waals surface area contributed by atoms with E-state index in [1.54, 1.807) is 29.2 Å². The maximum Gasteiger partial charge on any atom is 0.150 e. The Morgan fingerprint density at radius 2 is 2.14 bits per heavy atom. The number of nitrogens with two attached hydrogens (primary N) is 1. The molecule has 0 aliphatic carbocycles. The highest BCUT2D eigenvalue weighted by atomic mass is 19.1. The van der Waals surface area contributed by atoms with Gasteiger partial charge in [-0.3, -0.25) is 4.98 Å². The van der Waals surface area contributed by atoms with Crippen LogP contribution in [0.1, 0.15) is 24.2 Å². The molecule has 0 saturated carbocycles. The summed E-state index contributed by atoms with van der Waals surface area (Å²) in [6, 6.07) is 9.77. The van der Waals surface area contributed by atoms with E-state index in [1.165, 1.54) is 18.5 Å². The zero-order valence-corrected chi connectivity index (χ0v) is 14.8. The Balaban J connectivity index is 1.81. The highest BCUT2D eigenvalue weighted by Gasteiger charge is 2.20. The number of hydrogen-bond donors (Lipinski definition) is 2. The first-order chi connectivity index (χ1) is 13.6. The molecule has 9 heteroatoms. The van der Waals surface area contributed by atoms with Gasteiger partial charge in [0.25, 0.3) is 0 Å². The molecule has 3 N–H and O–H groups in total. The molecular formula is C19H15FN8. The molecule has 0 amide bonds. The fourth-order valence-electron chi connectivity index (χ4n) is 3.00. The van der Waals surface area contributed by atoms with Crippen LogP contribution in [0.4, 0.5) is 16.0 Å². The fraction of sp³-hybridized carbons (Fsp3) is 0.105. The van der Waals surface area contributed by atoms with E-state index >= 15 is 0 Å². The van der Waals surface area contributed by atoms with E-state index in [0.29, 0.717) is 22.7 Å². The summed E-state index contributed by atoms with van der Waals surface area (Å²) >= 11 is 0. The molecule has 0 radical (unpaired) electrons. The molecule has 138 valence electrons. The van der Waals surface area contributed by atoms with Gasteiger partial charge in [0, 0.05) is 17.6 Å². The van der Waals surface area contributed by atoms with Crippen LogP contribution in [0, 0.1) is 17.1 Å². The molecular weight excluding hydrogens is 359 g/mol. The van der Waals surface area contributed by atoms with E-state index in [-0.39, 0.29) is 23.2 Å². The summed E-state index contributed by atoms with van der Waals surface area (Å²) in [7, 11) is 0. The average Bonchev–Trinajstić information content (AvgIpc) is 3.07. The molecule has 0 unspecified atom stereocenters. The van der Waals surface area contributed by atoms with Crippen LogP contribution >= 0.6 is 0 Å². The first kappa shape index (κ1) is 17.4. The van der Waals surface area contributed by atoms with Crippen molar-refractivity contribution >= 4 is 22.5 Å². The van der Waals surface area contributed by atoms with Gasteiger partial charge in [-0.1, -0.05) is 0 Å². The number of hydrogen-bond acceptors (Lipinski definition) is 7. The van der Waals surface area contributed by atoms with Crippen molar-refractivity contribution in [2.24, 2.45) is 0 Å². The highest BCUT2D eigenvalue weighted by Crippen LogP contribution is 2.29. The lowest BCUT2D eigenvalue weighted by Gasteiger charge is -2.14. The second-order valence-corrected chi connectivity index (χ2v) is 6.13. The molecule has 3 aromatic heterocycles. The molecule has 0 aliphatic rings. The SMILES string of the molecule is C[C@H](Nc1ncnc(N)c1C#N)c1nn(-c2cccnc2)c2cc(F)ccc12. The molecule has 4 aromatic rings. The van der Waals surface area contributed by atoms with Gasteiger partial charge in [0.15, 0.2) is 0 Å². The normalized spacial score (nSPS) is 11.9. The van der Waals surface area contributed by atoms with E-state index in [0.717, 1.165) is 5.39 Å². The molecule has 4 rings (SSSR count). The maximum atomic E-state index is 13.9. The van der Waals surface area contributed by atoms with Crippen LogP contribution in [0.3, 0.4) is 0 Å². The zero-order valence-electron chi connectivity index (χ0n) is 14.8. The largest absolute Gasteiger partial charge is 0.382 e. The first-order valence-corrected chi connectivity index (χ1v) is 8.44. The van der Waals surface area contributed by atoms with Crippen molar-refractivity contribution < 1.29 is 4.39 Å². The third kappa shape index (κ3) is 2.97. The zero-order chi connectivity index (χ0) is 19.7. The van der Waals surface area contributed by atoms with Gasteiger partial charge < -0.3 is 11.1 Å². The lowest BCUT2D eigenvalue weighted by molar-refractivity contribution is 0.629. The van der Waals surface area contributed by atoms with Crippen LogP contribution in [0.2, 0.25) is 0 Å². The molecule has 0 saturated heterocycles. The monoisotopic (exact) mass is 374 g/mol. The standard InChI is InChI=1S/C19H15FN8/c1-11(26-19-15(8-21)18(22)24-10-25-19)17-14-5-4-12(20)7-16(14)28(27-17)13-3-2-6-23-9-13/h2-7,9-11H,1H3,(H3,22,24,25,26)/t11-/m0/s1. The van der Waals surface area contributed by atoms with Gasteiger partial charge in [0.05, 0.1) is 29.1 Å². The summed E-state index contributed by atoms with van der Waals surface area (Å²) in [4.78, 5) is 12.0. The third-order valence-electron chi connectivity index (χ3n) is 4.31. The second-order valence-electron chi connectivity index (χ2n) is 6.13. The summed E-state index contributed by atoms with van der Waals surface area (Å²) in [5.41, 5.74) is 7.90. The molecule has 8 nitrogen and oxygen atoms in total. The quantitative estimate of drug-likeness (QED) is 0.564. The minimum absolute atomic E-state index is 0.0972. The Labute approximate surface area is 159 Å². The fourth-order valence-corrected chi connectivity index (χ4v) is 3.00. The number of nitrogens with one attached hydrogen (secondary N) is 1. The number of rotatable bonds is 4. The van der Waals surface area contributed by atoms with Crippen LogP contribution < -0.4 is 11.1 Å².